The van der Waals surface area contributed by atoms with E-state index in [4.69, 9.17) is 4.74 Å². The van der Waals surface area contributed by atoms with Gasteiger partial charge in [-0.05, 0) is 13.0 Å². The number of hydrogen-bond acceptors (Lipinski definition) is 5. The number of ether oxygens (including phenoxy) is 1. The van der Waals surface area contributed by atoms with E-state index in [1.54, 1.807) is 0 Å². The highest BCUT2D eigenvalue weighted by molar-refractivity contribution is 5.90. The summed E-state index contributed by atoms with van der Waals surface area (Å²) in [5, 5.41) is 10.6. The molecule has 1 aromatic rings. The number of anilines is 1. The molecule has 0 unspecified atom stereocenters. The van der Waals surface area contributed by atoms with Crippen molar-refractivity contribution in [2.45, 2.75) is 6.92 Å². The van der Waals surface area contributed by atoms with Crippen molar-refractivity contribution in [1.29, 1.82) is 0 Å². The Morgan fingerprint density at radius 3 is 2.67 bits per heavy atom. The highest BCUT2D eigenvalue weighted by atomic mass is 16.6. The van der Waals surface area contributed by atoms with E-state index >= 15 is 0 Å². The fourth-order valence-corrected chi connectivity index (χ4v) is 1.44. The smallest absolute Gasteiger partial charge is 0.273 e. The molecule has 0 saturated heterocycles. The molecule has 1 aromatic carbocycles. The fraction of sp³-hybridized carbons (Fsp3) is 0.273. The summed E-state index contributed by atoms with van der Waals surface area (Å²) in [6.45, 7) is 1.23. The number of amides is 1. The third kappa shape index (κ3) is 3.03. The number of rotatable bonds is 6. The molecule has 7 heteroatoms. The van der Waals surface area contributed by atoms with E-state index in [1.807, 2.05) is 0 Å². The fourth-order valence-electron chi connectivity index (χ4n) is 1.44. The highest BCUT2D eigenvalue weighted by Crippen LogP contribution is 2.31. The lowest BCUT2D eigenvalue weighted by Gasteiger charge is -2.18. The number of methoxy groups -OCH3 is 1. The number of carbonyl (C=O) groups is 2. The van der Waals surface area contributed by atoms with E-state index in [0.29, 0.717) is 12.1 Å². The van der Waals surface area contributed by atoms with Gasteiger partial charge in [0.1, 0.15) is 11.5 Å². The summed E-state index contributed by atoms with van der Waals surface area (Å²) in [7, 11) is 1.33. The third-order valence-corrected chi connectivity index (χ3v) is 2.20. The Balaban J connectivity index is 3.18. The zero-order chi connectivity index (χ0) is 13.7. The highest BCUT2D eigenvalue weighted by Gasteiger charge is 2.16. The van der Waals surface area contributed by atoms with Crippen LogP contribution in [0.2, 0.25) is 0 Å². The van der Waals surface area contributed by atoms with Crippen molar-refractivity contribution in [1.82, 2.24) is 0 Å². The van der Waals surface area contributed by atoms with Crippen LogP contribution in [-0.2, 0) is 9.59 Å². The Hall–Kier alpha value is -2.44. The van der Waals surface area contributed by atoms with Crippen LogP contribution in [0.3, 0.4) is 0 Å². The van der Waals surface area contributed by atoms with Gasteiger partial charge in [-0.2, -0.15) is 0 Å². The van der Waals surface area contributed by atoms with E-state index in [-0.39, 0.29) is 23.8 Å². The first kappa shape index (κ1) is 13.6. The van der Waals surface area contributed by atoms with Gasteiger partial charge in [-0.1, -0.05) is 0 Å². The SMILES string of the molecule is COc1cc([N+](=O)[O-])ccc1N(C=O)CC(C)=O. The lowest BCUT2D eigenvalue weighted by Crippen LogP contribution is -2.27. The van der Waals surface area contributed by atoms with E-state index in [1.165, 1.54) is 32.2 Å². The van der Waals surface area contributed by atoms with Crippen molar-refractivity contribution in [2.24, 2.45) is 0 Å². The summed E-state index contributed by atoms with van der Waals surface area (Å²) in [6.07, 6.45) is 0.477. The van der Waals surface area contributed by atoms with Crippen molar-refractivity contribution in [3.05, 3.63) is 28.3 Å². The average molecular weight is 252 g/mol. The van der Waals surface area contributed by atoms with Gasteiger partial charge in [0.15, 0.2) is 0 Å². The second kappa shape index (κ2) is 5.76. The Labute approximate surface area is 103 Å². The number of ketones is 1. The Morgan fingerprint density at radius 2 is 2.22 bits per heavy atom. The minimum absolute atomic E-state index is 0.113. The molecular weight excluding hydrogens is 240 g/mol. The maximum absolute atomic E-state index is 11.0. The topological polar surface area (TPSA) is 89.8 Å². The van der Waals surface area contributed by atoms with E-state index in [2.05, 4.69) is 0 Å². The molecule has 0 spiro atoms. The predicted molar refractivity (Wildman–Crippen MR) is 63.7 cm³/mol. The van der Waals surface area contributed by atoms with Crippen LogP contribution in [0.4, 0.5) is 11.4 Å². The summed E-state index contributed by atoms with van der Waals surface area (Å²) < 4.78 is 4.98. The molecule has 1 amide bonds. The number of Topliss-reactive ketones (excluding diaryl/α,β-unsaturated/α-hetero) is 1. The van der Waals surface area contributed by atoms with Gasteiger partial charge in [0.25, 0.3) is 5.69 Å². The van der Waals surface area contributed by atoms with Crippen LogP contribution < -0.4 is 9.64 Å². The maximum Gasteiger partial charge on any atom is 0.273 e. The standard InChI is InChI=1S/C11H12N2O5/c1-8(15)6-12(7-14)10-4-3-9(13(16)17)5-11(10)18-2/h3-5,7H,6H2,1-2H3. The molecule has 0 N–H and O–H groups in total. The maximum atomic E-state index is 11.0. The van der Waals surface area contributed by atoms with Gasteiger partial charge in [-0.3, -0.25) is 19.7 Å². The van der Waals surface area contributed by atoms with E-state index < -0.39 is 4.92 Å². The number of nitro benzene ring substituents is 1. The molecule has 1 rings (SSSR count). The molecule has 0 aliphatic rings. The van der Waals surface area contributed by atoms with Crippen LogP contribution in [0.1, 0.15) is 6.92 Å². The van der Waals surface area contributed by atoms with Crippen LogP contribution in [0.25, 0.3) is 0 Å². The quantitative estimate of drug-likeness (QED) is 0.430. The zero-order valence-corrected chi connectivity index (χ0v) is 9.95. The molecular formula is C11H12N2O5. The molecule has 0 aromatic heterocycles. The Kier molecular flexibility index (Phi) is 4.36. The Morgan fingerprint density at radius 1 is 1.56 bits per heavy atom. The van der Waals surface area contributed by atoms with Gasteiger partial charge in [0.05, 0.1) is 30.3 Å². The minimum Gasteiger partial charge on any atom is -0.494 e. The summed E-state index contributed by atoms with van der Waals surface area (Å²) in [6, 6.07) is 3.81. The van der Waals surface area contributed by atoms with Crippen molar-refractivity contribution < 1.29 is 19.2 Å². The summed E-state index contributed by atoms with van der Waals surface area (Å²) >= 11 is 0. The molecule has 18 heavy (non-hydrogen) atoms. The van der Waals surface area contributed by atoms with Crippen molar-refractivity contribution in [3.63, 3.8) is 0 Å². The second-order valence-electron chi connectivity index (χ2n) is 3.55. The molecule has 0 atom stereocenters. The van der Waals surface area contributed by atoms with Crippen molar-refractivity contribution in [3.8, 4) is 5.75 Å². The monoisotopic (exact) mass is 252 g/mol. The van der Waals surface area contributed by atoms with E-state index in [0.717, 1.165) is 4.90 Å². The molecule has 0 aliphatic heterocycles. The van der Waals surface area contributed by atoms with Gasteiger partial charge in [-0.25, -0.2) is 0 Å². The molecule has 0 radical (unpaired) electrons. The number of nitro groups is 1. The molecule has 0 bridgehead atoms. The van der Waals surface area contributed by atoms with E-state index in [9.17, 15) is 19.7 Å². The van der Waals surface area contributed by atoms with Crippen LogP contribution in [0, 0.1) is 10.1 Å². The molecule has 7 nitrogen and oxygen atoms in total. The van der Waals surface area contributed by atoms with Crippen molar-refractivity contribution in [2.75, 3.05) is 18.6 Å². The van der Waals surface area contributed by atoms with Crippen LogP contribution in [-0.4, -0.2) is 30.8 Å². The van der Waals surface area contributed by atoms with Crippen LogP contribution in [0.15, 0.2) is 18.2 Å². The molecule has 0 fully saturated rings. The normalized spacial score (nSPS) is 9.67. The van der Waals surface area contributed by atoms with Crippen molar-refractivity contribution >= 4 is 23.6 Å². The first-order valence-electron chi connectivity index (χ1n) is 5.03. The van der Waals surface area contributed by atoms with Crippen LogP contribution in [0.5, 0.6) is 5.75 Å². The first-order valence-corrected chi connectivity index (χ1v) is 5.03. The van der Waals surface area contributed by atoms with Gasteiger partial charge in [0, 0.05) is 6.07 Å². The molecule has 0 aliphatic carbocycles. The first-order chi connectivity index (χ1) is 8.49. The number of nitrogens with zero attached hydrogens (tertiary/aromatic N) is 2. The lowest BCUT2D eigenvalue weighted by molar-refractivity contribution is -0.384. The second-order valence-corrected chi connectivity index (χ2v) is 3.55. The predicted octanol–water partition coefficient (Wildman–Crippen LogP) is 1.16. The number of hydrogen-bond donors (Lipinski definition) is 0. The molecule has 96 valence electrons. The minimum atomic E-state index is -0.567. The summed E-state index contributed by atoms with van der Waals surface area (Å²) in [5.41, 5.74) is 0.164. The Bertz CT molecular complexity index is 486. The lowest BCUT2D eigenvalue weighted by atomic mass is 10.2. The third-order valence-electron chi connectivity index (χ3n) is 2.20. The summed E-state index contributed by atoms with van der Waals surface area (Å²) in [5.74, 6) is -0.0416. The van der Waals surface area contributed by atoms with Gasteiger partial charge >= 0.3 is 0 Å². The van der Waals surface area contributed by atoms with Gasteiger partial charge < -0.3 is 9.64 Å². The summed E-state index contributed by atoms with van der Waals surface area (Å²) in [4.78, 5) is 33.1. The largest absolute Gasteiger partial charge is 0.494 e. The number of carbonyl (C=O) groups excluding carboxylic acids is 2. The zero-order valence-electron chi connectivity index (χ0n) is 9.95. The number of benzene rings is 1. The molecule has 0 saturated carbocycles. The number of non-ortho nitro benzene ring substituents is 1. The van der Waals surface area contributed by atoms with Crippen LogP contribution >= 0.6 is 0 Å². The molecule has 0 heterocycles. The van der Waals surface area contributed by atoms with Gasteiger partial charge in [-0.15, -0.1) is 0 Å². The van der Waals surface area contributed by atoms with Gasteiger partial charge in [0.2, 0.25) is 6.41 Å². The average Bonchev–Trinajstić information content (AvgIpc) is 2.34.